The Morgan fingerprint density at radius 2 is 2.21 bits per heavy atom. The number of likely N-dealkylation sites (N-methyl/N-ethyl adjacent to an activating group) is 2. The second kappa shape index (κ2) is 5.29. The van der Waals surface area contributed by atoms with E-state index in [1.54, 1.807) is 0 Å². The van der Waals surface area contributed by atoms with Gasteiger partial charge in [0.15, 0.2) is 0 Å². The van der Waals surface area contributed by atoms with E-state index in [-0.39, 0.29) is 12.5 Å². The van der Waals surface area contributed by atoms with Gasteiger partial charge in [-0.1, -0.05) is 0 Å². The molecule has 14 heavy (non-hydrogen) atoms. The number of carbonyl (C=O) groups excluding carboxylic acids is 1. The van der Waals surface area contributed by atoms with Crippen LogP contribution in [-0.2, 0) is 4.79 Å². The van der Waals surface area contributed by atoms with Crippen molar-refractivity contribution in [3.63, 3.8) is 0 Å². The SMILES string of the molecule is CN1CCN(C)C(CNC(=O)CN)C1. The maximum Gasteiger partial charge on any atom is 0.233 e. The Kier molecular flexibility index (Phi) is 4.31. The van der Waals surface area contributed by atoms with E-state index in [4.69, 9.17) is 5.73 Å². The van der Waals surface area contributed by atoms with E-state index in [9.17, 15) is 4.79 Å². The maximum absolute atomic E-state index is 11.0. The third-order valence-electron chi connectivity index (χ3n) is 2.70. The highest BCUT2D eigenvalue weighted by Crippen LogP contribution is 2.04. The molecule has 1 aliphatic rings. The molecule has 1 saturated heterocycles. The number of nitrogens with two attached hydrogens (primary N) is 1. The minimum Gasteiger partial charge on any atom is -0.353 e. The Balaban J connectivity index is 2.30. The summed E-state index contributed by atoms with van der Waals surface area (Å²) in [4.78, 5) is 15.5. The molecule has 1 amide bonds. The molecule has 1 atom stereocenters. The van der Waals surface area contributed by atoms with Gasteiger partial charge in [-0.15, -0.1) is 0 Å². The fraction of sp³-hybridized carbons (Fsp3) is 0.889. The van der Waals surface area contributed by atoms with Crippen molar-refractivity contribution in [2.75, 3.05) is 46.8 Å². The molecule has 1 unspecified atom stereocenters. The molecule has 0 radical (unpaired) electrons. The lowest BCUT2D eigenvalue weighted by Crippen LogP contribution is -2.54. The van der Waals surface area contributed by atoms with Crippen LogP contribution < -0.4 is 11.1 Å². The average molecular weight is 200 g/mol. The van der Waals surface area contributed by atoms with Crippen molar-refractivity contribution in [1.29, 1.82) is 0 Å². The van der Waals surface area contributed by atoms with Gasteiger partial charge >= 0.3 is 0 Å². The Morgan fingerprint density at radius 1 is 1.50 bits per heavy atom. The summed E-state index contributed by atoms with van der Waals surface area (Å²) in [6.07, 6.45) is 0. The van der Waals surface area contributed by atoms with Crippen LogP contribution in [0.25, 0.3) is 0 Å². The average Bonchev–Trinajstić information content (AvgIpc) is 2.19. The molecular weight excluding hydrogens is 180 g/mol. The lowest BCUT2D eigenvalue weighted by molar-refractivity contribution is -0.120. The Morgan fingerprint density at radius 3 is 2.86 bits per heavy atom. The normalized spacial score (nSPS) is 24.9. The number of carbonyl (C=O) groups is 1. The number of amides is 1. The van der Waals surface area contributed by atoms with Gasteiger partial charge in [-0.05, 0) is 14.1 Å². The molecular formula is C9H20N4O. The fourth-order valence-corrected chi connectivity index (χ4v) is 1.63. The molecule has 1 fully saturated rings. The van der Waals surface area contributed by atoms with Crippen LogP contribution in [0.1, 0.15) is 0 Å². The number of nitrogens with one attached hydrogen (secondary N) is 1. The monoisotopic (exact) mass is 200 g/mol. The van der Waals surface area contributed by atoms with Crippen LogP contribution in [0.2, 0.25) is 0 Å². The number of hydrogen-bond donors (Lipinski definition) is 2. The summed E-state index contributed by atoms with van der Waals surface area (Å²) < 4.78 is 0. The largest absolute Gasteiger partial charge is 0.353 e. The number of hydrogen-bond acceptors (Lipinski definition) is 4. The van der Waals surface area contributed by atoms with Gasteiger partial charge in [-0.2, -0.15) is 0 Å². The smallest absolute Gasteiger partial charge is 0.233 e. The highest BCUT2D eigenvalue weighted by atomic mass is 16.1. The Labute approximate surface area is 85.2 Å². The molecule has 82 valence electrons. The summed E-state index contributed by atoms with van der Waals surface area (Å²) in [6.45, 7) is 3.92. The van der Waals surface area contributed by atoms with Crippen molar-refractivity contribution in [2.24, 2.45) is 5.73 Å². The van der Waals surface area contributed by atoms with Crippen LogP contribution in [-0.4, -0.2) is 68.6 Å². The third-order valence-corrected chi connectivity index (χ3v) is 2.70. The van der Waals surface area contributed by atoms with Gasteiger partial charge in [0, 0.05) is 32.2 Å². The lowest BCUT2D eigenvalue weighted by atomic mass is 10.2. The molecule has 0 aromatic rings. The fourth-order valence-electron chi connectivity index (χ4n) is 1.63. The summed E-state index contributed by atoms with van der Waals surface area (Å²) >= 11 is 0. The van der Waals surface area contributed by atoms with Gasteiger partial charge in [-0.25, -0.2) is 0 Å². The van der Waals surface area contributed by atoms with E-state index in [0.717, 1.165) is 19.6 Å². The molecule has 0 aromatic heterocycles. The second-order valence-electron chi connectivity index (χ2n) is 3.90. The maximum atomic E-state index is 11.0. The molecule has 0 aliphatic carbocycles. The number of rotatable bonds is 3. The molecule has 1 rings (SSSR count). The topological polar surface area (TPSA) is 61.6 Å². The molecule has 1 aliphatic heterocycles. The van der Waals surface area contributed by atoms with Gasteiger partial charge in [0.05, 0.1) is 6.54 Å². The summed E-state index contributed by atoms with van der Waals surface area (Å²) in [5.41, 5.74) is 5.21. The first-order chi connectivity index (χ1) is 6.63. The standard InChI is InChI=1S/C9H20N4O/c1-12-3-4-13(2)8(7-12)6-11-9(14)5-10/h8H,3-7,10H2,1-2H3,(H,11,14). The molecule has 0 bridgehead atoms. The van der Waals surface area contributed by atoms with E-state index < -0.39 is 0 Å². The Hall–Kier alpha value is -0.650. The van der Waals surface area contributed by atoms with Gasteiger partial charge in [0.1, 0.15) is 0 Å². The summed E-state index contributed by atoms with van der Waals surface area (Å²) in [5.74, 6) is -0.0772. The lowest BCUT2D eigenvalue weighted by Gasteiger charge is -2.37. The molecule has 1 heterocycles. The molecule has 5 heteroatoms. The first-order valence-electron chi connectivity index (χ1n) is 4.99. The molecule has 0 aromatic carbocycles. The van der Waals surface area contributed by atoms with Crippen LogP contribution >= 0.6 is 0 Å². The van der Waals surface area contributed by atoms with E-state index in [1.165, 1.54) is 0 Å². The van der Waals surface area contributed by atoms with E-state index in [0.29, 0.717) is 12.6 Å². The number of piperazine rings is 1. The first-order valence-corrected chi connectivity index (χ1v) is 4.99. The summed E-state index contributed by atoms with van der Waals surface area (Å²) in [5, 5.41) is 2.82. The van der Waals surface area contributed by atoms with E-state index in [2.05, 4.69) is 29.2 Å². The van der Waals surface area contributed by atoms with Crippen LogP contribution in [0.4, 0.5) is 0 Å². The van der Waals surface area contributed by atoms with Crippen molar-refractivity contribution in [3.05, 3.63) is 0 Å². The molecule has 5 nitrogen and oxygen atoms in total. The zero-order valence-corrected chi connectivity index (χ0v) is 8.99. The van der Waals surface area contributed by atoms with Crippen molar-refractivity contribution >= 4 is 5.91 Å². The predicted octanol–water partition coefficient (Wildman–Crippen LogP) is -1.69. The minimum absolute atomic E-state index is 0.0757. The van der Waals surface area contributed by atoms with Crippen LogP contribution in [0.5, 0.6) is 0 Å². The van der Waals surface area contributed by atoms with E-state index in [1.807, 2.05) is 0 Å². The van der Waals surface area contributed by atoms with Crippen LogP contribution in [0.15, 0.2) is 0 Å². The first kappa shape index (κ1) is 11.4. The molecule has 0 spiro atoms. The minimum atomic E-state index is -0.0772. The highest BCUT2D eigenvalue weighted by Gasteiger charge is 2.21. The quantitative estimate of drug-likeness (QED) is 0.570. The van der Waals surface area contributed by atoms with Crippen molar-refractivity contribution < 1.29 is 4.79 Å². The van der Waals surface area contributed by atoms with E-state index >= 15 is 0 Å². The zero-order valence-electron chi connectivity index (χ0n) is 8.99. The van der Waals surface area contributed by atoms with Crippen molar-refractivity contribution in [3.8, 4) is 0 Å². The summed E-state index contributed by atoms with van der Waals surface area (Å²) in [7, 11) is 4.19. The highest BCUT2D eigenvalue weighted by molar-refractivity contribution is 5.77. The number of nitrogens with zero attached hydrogens (tertiary/aromatic N) is 2. The Bertz CT molecular complexity index is 197. The van der Waals surface area contributed by atoms with Gasteiger partial charge in [0.25, 0.3) is 0 Å². The molecule has 0 saturated carbocycles. The van der Waals surface area contributed by atoms with Gasteiger partial charge < -0.3 is 16.0 Å². The molecule has 3 N–H and O–H groups in total. The van der Waals surface area contributed by atoms with Crippen LogP contribution in [0.3, 0.4) is 0 Å². The zero-order chi connectivity index (χ0) is 10.6. The van der Waals surface area contributed by atoms with Gasteiger partial charge in [-0.3, -0.25) is 9.69 Å². The van der Waals surface area contributed by atoms with Gasteiger partial charge in [0.2, 0.25) is 5.91 Å². The third kappa shape index (κ3) is 3.25. The van der Waals surface area contributed by atoms with Crippen LogP contribution in [0, 0.1) is 0 Å². The second-order valence-corrected chi connectivity index (χ2v) is 3.90. The predicted molar refractivity (Wildman–Crippen MR) is 56.0 cm³/mol. The van der Waals surface area contributed by atoms with Crippen molar-refractivity contribution in [1.82, 2.24) is 15.1 Å². The van der Waals surface area contributed by atoms with Crippen molar-refractivity contribution in [2.45, 2.75) is 6.04 Å². The summed E-state index contributed by atoms with van der Waals surface area (Å²) in [6, 6.07) is 0.407.